The Labute approximate surface area is 180 Å². The third kappa shape index (κ3) is 5.34. The van der Waals surface area contributed by atoms with Gasteiger partial charge in [-0.2, -0.15) is 14.6 Å². The molecular formula is C20H16N4O4S2. The van der Waals surface area contributed by atoms with Gasteiger partial charge >= 0.3 is 5.97 Å². The molecule has 0 saturated carbocycles. The van der Waals surface area contributed by atoms with E-state index >= 15 is 0 Å². The number of hydrogen-bond donors (Lipinski definition) is 2. The molecule has 0 aliphatic carbocycles. The summed E-state index contributed by atoms with van der Waals surface area (Å²) in [6.07, 6.45) is 1.31. The number of rotatable bonds is 7. The van der Waals surface area contributed by atoms with E-state index in [0.717, 1.165) is 11.5 Å². The fraction of sp³-hybridized carbons (Fsp3) is 0.150. The molecule has 2 N–H and O–H groups in total. The molecule has 2 aromatic heterocycles. The van der Waals surface area contributed by atoms with Crippen molar-refractivity contribution in [1.82, 2.24) is 9.36 Å². The molecule has 152 valence electrons. The van der Waals surface area contributed by atoms with Crippen LogP contribution >= 0.6 is 23.3 Å². The van der Waals surface area contributed by atoms with Crippen molar-refractivity contribution in [2.75, 3.05) is 5.32 Å². The smallest absolute Gasteiger partial charge is 0.335 e. The van der Waals surface area contributed by atoms with E-state index in [1.807, 2.05) is 19.9 Å². The fourth-order valence-corrected chi connectivity index (χ4v) is 3.74. The van der Waals surface area contributed by atoms with Gasteiger partial charge in [0.1, 0.15) is 23.2 Å². The number of benzene rings is 1. The van der Waals surface area contributed by atoms with Crippen molar-refractivity contribution < 1.29 is 19.1 Å². The predicted molar refractivity (Wildman–Crippen MR) is 114 cm³/mol. The average molecular weight is 441 g/mol. The largest absolute Gasteiger partial charge is 0.478 e. The maximum Gasteiger partial charge on any atom is 0.335 e. The summed E-state index contributed by atoms with van der Waals surface area (Å²) in [5, 5.41) is 22.2. The van der Waals surface area contributed by atoms with Crippen LogP contribution in [-0.2, 0) is 4.79 Å². The summed E-state index contributed by atoms with van der Waals surface area (Å²) in [5.41, 5.74) is 0.537. The monoisotopic (exact) mass is 440 g/mol. The van der Waals surface area contributed by atoms with Crippen LogP contribution in [0.25, 0.3) is 17.4 Å². The van der Waals surface area contributed by atoms with Gasteiger partial charge < -0.3 is 9.52 Å². The molecule has 3 rings (SSSR count). The highest BCUT2D eigenvalue weighted by atomic mass is 32.2. The summed E-state index contributed by atoms with van der Waals surface area (Å²) >= 11 is 2.51. The van der Waals surface area contributed by atoms with Gasteiger partial charge in [-0.3, -0.25) is 10.1 Å². The Morgan fingerprint density at radius 2 is 2.13 bits per heavy atom. The summed E-state index contributed by atoms with van der Waals surface area (Å²) in [6, 6.07) is 11.4. The number of carboxylic acid groups (broad SMARTS) is 1. The molecule has 10 heteroatoms. The highest BCUT2D eigenvalue weighted by Gasteiger charge is 2.15. The molecule has 0 radical (unpaired) electrons. The lowest BCUT2D eigenvalue weighted by atomic mass is 10.1. The number of nitrogens with zero attached hydrogens (tertiary/aromatic N) is 3. The number of amides is 1. The number of carbonyl (C=O) groups is 2. The van der Waals surface area contributed by atoms with Crippen molar-refractivity contribution in [3.05, 3.63) is 53.3 Å². The summed E-state index contributed by atoms with van der Waals surface area (Å²) < 4.78 is 9.81. The number of nitriles is 1. The number of anilines is 1. The van der Waals surface area contributed by atoms with Crippen molar-refractivity contribution in [2.24, 2.45) is 0 Å². The van der Waals surface area contributed by atoms with Crippen LogP contribution in [0.15, 0.2) is 51.5 Å². The lowest BCUT2D eigenvalue weighted by Crippen LogP contribution is -2.13. The molecule has 1 aromatic carbocycles. The zero-order valence-corrected chi connectivity index (χ0v) is 17.6. The minimum absolute atomic E-state index is 0.130. The van der Waals surface area contributed by atoms with Gasteiger partial charge in [0, 0.05) is 28.4 Å². The predicted octanol–water partition coefficient (Wildman–Crippen LogP) is 4.54. The minimum Gasteiger partial charge on any atom is -0.478 e. The Hall–Kier alpha value is -3.42. The van der Waals surface area contributed by atoms with Gasteiger partial charge in [0.2, 0.25) is 10.3 Å². The second kappa shape index (κ2) is 9.39. The van der Waals surface area contributed by atoms with Crippen molar-refractivity contribution in [2.45, 2.75) is 24.3 Å². The molecule has 30 heavy (non-hydrogen) atoms. The molecular weight excluding hydrogens is 424 g/mol. The van der Waals surface area contributed by atoms with Crippen LogP contribution in [0.5, 0.6) is 0 Å². The molecule has 0 unspecified atom stereocenters. The van der Waals surface area contributed by atoms with Crippen LogP contribution in [0.3, 0.4) is 0 Å². The first kappa shape index (κ1) is 21.3. The van der Waals surface area contributed by atoms with E-state index in [9.17, 15) is 14.9 Å². The summed E-state index contributed by atoms with van der Waals surface area (Å²) in [5.74, 6) is -0.966. The van der Waals surface area contributed by atoms with Crippen molar-refractivity contribution in [3.63, 3.8) is 0 Å². The van der Waals surface area contributed by atoms with Gasteiger partial charge in [0.25, 0.3) is 5.91 Å². The average Bonchev–Trinajstić information content (AvgIpc) is 3.35. The molecule has 0 aliphatic rings. The molecule has 8 nitrogen and oxygen atoms in total. The SMILES string of the molecule is CC(C)Sc1nsc(NC(=O)/C(C#N)=C\c2ccc(-c3cccc(C(=O)O)c3)o2)n1. The Balaban J connectivity index is 1.76. The van der Waals surface area contributed by atoms with E-state index in [-0.39, 0.29) is 16.9 Å². The molecule has 0 spiro atoms. The van der Waals surface area contributed by atoms with E-state index in [1.54, 1.807) is 24.3 Å². The molecule has 0 saturated heterocycles. The van der Waals surface area contributed by atoms with Gasteiger partial charge in [-0.15, -0.1) is 0 Å². The standard InChI is InChI=1S/C20H16N4O4S2/c1-11(2)29-20-23-19(30-24-20)22-17(25)14(10-21)9-15-6-7-16(28-15)12-4-3-5-13(8-12)18(26)27/h3-9,11H,1-2H3,(H,26,27)(H,22,23,24,25)/b14-9-. The van der Waals surface area contributed by atoms with E-state index in [4.69, 9.17) is 9.52 Å². The van der Waals surface area contributed by atoms with Crippen LogP contribution in [-0.4, -0.2) is 31.6 Å². The Bertz CT molecular complexity index is 1160. The van der Waals surface area contributed by atoms with Crippen molar-refractivity contribution in [1.29, 1.82) is 5.26 Å². The number of furan rings is 1. The molecule has 0 fully saturated rings. The number of aromatic carboxylic acids is 1. The lowest BCUT2D eigenvalue weighted by Gasteiger charge is -2.00. The first-order valence-corrected chi connectivity index (χ1v) is 10.4. The van der Waals surface area contributed by atoms with Gasteiger partial charge in [-0.25, -0.2) is 4.79 Å². The topological polar surface area (TPSA) is 129 Å². The van der Waals surface area contributed by atoms with Crippen LogP contribution in [0, 0.1) is 11.3 Å². The van der Waals surface area contributed by atoms with Gasteiger partial charge in [-0.05, 0) is 24.3 Å². The number of nitrogens with one attached hydrogen (secondary N) is 1. The number of carbonyl (C=O) groups excluding carboxylic acids is 1. The van der Waals surface area contributed by atoms with Crippen LogP contribution in [0.4, 0.5) is 5.13 Å². The normalized spacial score (nSPS) is 11.3. The second-order valence-corrected chi connectivity index (χ2v) is 8.56. The first-order chi connectivity index (χ1) is 14.4. The number of carboxylic acids is 1. The lowest BCUT2D eigenvalue weighted by molar-refractivity contribution is -0.112. The number of hydrogen-bond acceptors (Lipinski definition) is 8. The minimum atomic E-state index is -1.04. The Morgan fingerprint density at radius 3 is 2.83 bits per heavy atom. The fourth-order valence-electron chi connectivity index (χ4n) is 2.37. The van der Waals surface area contributed by atoms with E-state index in [0.29, 0.717) is 26.9 Å². The van der Waals surface area contributed by atoms with E-state index < -0.39 is 11.9 Å². The van der Waals surface area contributed by atoms with Crippen molar-refractivity contribution in [3.8, 4) is 17.4 Å². The molecule has 1 amide bonds. The molecule has 3 aromatic rings. The third-order valence-electron chi connectivity index (χ3n) is 3.64. The summed E-state index contributed by atoms with van der Waals surface area (Å²) in [7, 11) is 0. The second-order valence-electron chi connectivity index (χ2n) is 6.26. The van der Waals surface area contributed by atoms with Crippen LogP contribution < -0.4 is 5.32 Å². The molecule has 2 heterocycles. The number of thioether (sulfide) groups is 1. The van der Waals surface area contributed by atoms with Crippen LogP contribution in [0.2, 0.25) is 0 Å². The van der Waals surface area contributed by atoms with Crippen molar-refractivity contribution >= 4 is 46.4 Å². The third-order valence-corrected chi connectivity index (χ3v) is 5.25. The molecule has 0 bridgehead atoms. The number of aromatic nitrogens is 2. The zero-order chi connectivity index (χ0) is 21.7. The quantitative estimate of drug-likeness (QED) is 0.311. The molecule has 0 aliphatic heterocycles. The summed E-state index contributed by atoms with van der Waals surface area (Å²) in [6.45, 7) is 4.02. The first-order valence-electron chi connectivity index (χ1n) is 8.73. The van der Waals surface area contributed by atoms with Gasteiger partial charge in [-0.1, -0.05) is 37.7 Å². The van der Waals surface area contributed by atoms with Gasteiger partial charge in [0.15, 0.2) is 0 Å². The molecule has 0 atom stereocenters. The Morgan fingerprint density at radius 1 is 1.33 bits per heavy atom. The summed E-state index contributed by atoms with van der Waals surface area (Å²) in [4.78, 5) is 27.7. The highest BCUT2D eigenvalue weighted by molar-refractivity contribution is 7.99. The highest BCUT2D eigenvalue weighted by Crippen LogP contribution is 2.26. The van der Waals surface area contributed by atoms with Crippen LogP contribution in [0.1, 0.15) is 30.0 Å². The maximum absolute atomic E-state index is 12.4. The Kier molecular flexibility index (Phi) is 6.66. The maximum atomic E-state index is 12.4. The van der Waals surface area contributed by atoms with E-state index in [2.05, 4.69) is 14.7 Å². The zero-order valence-electron chi connectivity index (χ0n) is 15.9. The van der Waals surface area contributed by atoms with Gasteiger partial charge in [0.05, 0.1) is 5.56 Å². The van der Waals surface area contributed by atoms with E-state index in [1.165, 1.54) is 30.0 Å².